The molecule has 0 aliphatic heterocycles. The van der Waals surface area contributed by atoms with Gasteiger partial charge in [0.2, 0.25) is 0 Å². The van der Waals surface area contributed by atoms with Gasteiger partial charge in [-0.3, -0.25) is 0 Å². The number of rotatable bonds is 3. The molecule has 0 aromatic heterocycles. The lowest BCUT2D eigenvalue weighted by Crippen LogP contribution is -2.28. The molecule has 2 nitrogen and oxygen atoms in total. The summed E-state index contributed by atoms with van der Waals surface area (Å²) in [6.07, 6.45) is -1.36. The first-order valence-electron chi connectivity index (χ1n) is 5.82. The SMILES string of the molecule is N#CC(CNc1ccc2c(c1)CCC2)C(F)(F)F. The molecular weight excluding hydrogens is 241 g/mol. The molecule has 1 aromatic rings. The van der Waals surface area contributed by atoms with Gasteiger partial charge in [-0.1, -0.05) is 6.07 Å². The van der Waals surface area contributed by atoms with Crippen molar-refractivity contribution in [3.05, 3.63) is 29.3 Å². The second-order valence-corrected chi connectivity index (χ2v) is 4.44. The minimum absolute atomic E-state index is 0.404. The zero-order valence-electron chi connectivity index (χ0n) is 9.72. The van der Waals surface area contributed by atoms with Crippen LogP contribution in [-0.4, -0.2) is 12.7 Å². The fraction of sp³-hybridized carbons (Fsp3) is 0.462. The first-order valence-corrected chi connectivity index (χ1v) is 5.82. The second-order valence-electron chi connectivity index (χ2n) is 4.44. The molecule has 0 saturated heterocycles. The fourth-order valence-electron chi connectivity index (χ4n) is 2.14. The summed E-state index contributed by atoms with van der Waals surface area (Å²) < 4.78 is 37.1. The van der Waals surface area contributed by atoms with Crippen LogP contribution in [0.15, 0.2) is 18.2 Å². The summed E-state index contributed by atoms with van der Waals surface area (Å²) in [6.45, 7) is -0.404. The Morgan fingerprint density at radius 2 is 2.00 bits per heavy atom. The molecule has 1 aliphatic rings. The van der Waals surface area contributed by atoms with E-state index in [0.717, 1.165) is 19.3 Å². The first-order chi connectivity index (χ1) is 8.50. The van der Waals surface area contributed by atoms with Crippen molar-refractivity contribution in [2.24, 2.45) is 5.92 Å². The van der Waals surface area contributed by atoms with Crippen LogP contribution in [0, 0.1) is 17.2 Å². The Labute approximate surface area is 103 Å². The summed E-state index contributed by atoms with van der Waals surface area (Å²) in [5.74, 6) is -1.97. The monoisotopic (exact) mass is 254 g/mol. The summed E-state index contributed by atoms with van der Waals surface area (Å²) >= 11 is 0. The molecule has 1 unspecified atom stereocenters. The van der Waals surface area contributed by atoms with E-state index in [1.807, 2.05) is 12.1 Å². The lowest BCUT2D eigenvalue weighted by Gasteiger charge is -2.15. The van der Waals surface area contributed by atoms with Gasteiger partial charge in [0.15, 0.2) is 5.92 Å². The van der Waals surface area contributed by atoms with Gasteiger partial charge in [-0.05, 0) is 42.5 Å². The maximum absolute atomic E-state index is 12.4. The van der Waals surface area contributed by atoms with Gasteiger partial charge < -0.3 is 5.32 Å². The zero-order chi connectivity index (χ0) is 13.2. The average Bonchev–Trinajstić information content (AvgIpc) is 2.75. The van der Waals surface area contributed by atoms with E-state index in [-0.39, 0.29) is 0 Å². The number of nitrogens with zero attached hydrogens (tertiary/aromatic N) is 1. The smallest absolute Gasteiger partial charge is 0.383 e. The maximum atomic E-state index is 12.4. The number of benzene rings is 1. The summed E-state index contributed by atoms with van der Waals surface area (Å²) in [6, 6.07) is 6.88. The zero-order valence-corrected chi connectivity index (χ0v) is 9.72. The third-order valence-electron chi connectivity index (χ3n) is 3.16. The number of nitrogens with one attached hydrogen (secondary N) is 1. The summed E-state index contributed by atoms with van der Waals surface area (Å²) in [5, 5.41) is 11.2. The summed E-state index contributed by atoms with van der Waals surface area (Å²) in [7, 11) is 0. The van der Waals surface area contributed by atoms with Crippen LogP contribution in [-0.2, 0) is 12.8 Å². The Morgan fingerprint density at radius 1 is 1.28 bits per heavy atom. The van der Waals surface area contributed by atoms with E-state index in [0.29, 0.717) is 5.69 Å². The van der Waals surface area contributed by atoms with Crippen LogP contribution < -0.4 is 5.32 Å². The highest BCUT2D eigenvalue weighted by Gasteiger charge is 2.39. The Morgan fingerprint density at radius 3 is 2.67 bits per heavy atom. The number of hydrogen-bond donors (Lipinski definition) is 1. The predicted molar refractivity (Wildman–Crippen MR) is 62.1 cm³/mol. The number of alkyl halides is 3. The van der Waals surface area contributed by atoms with Gasteiger partial charge in [0.1, 0.15) is 0 Å². The van der Waals surface area contributed by atoms with Crippen LogP contribution >= 0.6 is 0 Å². The van der Waals surface area contributed by atoms with Crippen LogP contribution in [0.5, 0.6) is 0 Å². The molecule has 5 heteroatoms. The fourth-order valence-corrected chi connectivity index (χ4v) is 2.14. The molecule has 0 spiro atoms. The molecule has 0 heterocycles. The number of aryl methyl sites for hydroxylation is 2. The normalized spacial score (nSPS) is 15.9. The van der Waals surface area contributed by atoms with Crippen LogP contribution in [0.2, 0.25) is 0 Å². The minimum atomic E-state index is -4.47. The van der Waals surface area contributed by atoms with Gasteiger partial charge in [0, 0.05) is 12.2 Å². The van der Waals surface area contributed by atoms with Crippen molar-refractivity contribution in [2.75, 3.05) is 11.9 Å². The molecule has 0 bridgehead atoms. The van der Waals surface area contributed by atoms with E-state index < -0.39 is 18.6 Å². The molecule has 0 radical (unpaired) electrons. The molecule has 18 heavy (non-hydrogen) atoms. The van der Waals surface area contributed by atoms with E-state index in [4.69, 9.17) is 5.26 Å². The van der Waals surface area contributed by atoms with Crippen LogP contribution in [0.3, 0.4) is 0 Å². The van der Waals surface area contributed by atoms with E-state index in [1.165, 1.54) is 17.2 Å². The largest absolute Gasteiger partial charge is 0.406 e. The third kappa shape index (κ3) is 2.76. The number of fused-ring (bicyclic) bond motifs is 1. The third-order valence-corrected chi connectivity index (χ3v) is 3.16. The number of hydrogen-bond acceptors (Lipinski definition) is 2. The van der Waals surface area contributed by atoms with E-state index >= 15 is 0 Å². The topological polar surface area (TPSA) is 35.8 Å². The molecule has 1 aromatic carbocycles. The van der Waals surface area contributed by atoms with Crippen molar-refractivity contribution >= 4 is 5.69 Å². The quantitative estimate of drug-likeness (QED) is 0.898. The Balaban J connectivity index is 2.00. The summed E-state index contributed by atoms with van der Waals surface area (Å²) in [4.78, 5) is 0. The molecule has 1 N–H and O–H groups in total. The van der Waals surface area contributed by atoms with Crippen molar-refractivity contribution in [2.45, 2.75) is 25.4 Å². The second kappa shape index (κ2) is 4.89. The molecule has 1 aliphatic carbocycles. The Kier molecular flexibility index (Phi) is 3.46. The number of halogens is 3. The number of anilines is 1. The van der Waals surface area contributed by atoms with E-state index in [2.05, 4.69) is 5.32 Å². The van der Waals surface area contributed by atoms with Gasteiger partial charge >= 0.3 is 6.18 Å². The Bertz CT molecular complexity index is 474. The van der Waals surface area contributed by atoms with Crippen molar-refractivity contribution < 1.29 is 13.2 Å². The van der Waals surface area contributed by atoms with Gasteiger partial charge in [-0.2, -0.15) is 18.4 Å². The number of nitriles is 1. The molecule has 0 saturated carbocycles. The van der Waals surface area contributed by atoms with Crippen molar-refractivity contribution in [3.63, 3.8) is 0 Å². The minimum Gasteiger partial charge on any atom is -0.383 e. The molecule has 0 amide bonds. The van der Waals surface area contributed by atoms with Crippen LogP contribution in [0.25, 0.3) is 0 Å². The highest BCUT2D eigenvalue weighted by Crippen LogP contribution is 2.28. The molecule has 96 valence electrons. The molecule has 0 fully saturated rings. The van der Waals surface area contributed by atoms with Gasteiger partial charge in [0.25, 0.3) is 0 Å². The van der Waals surface area contributed by atoms with Crippen molar-refractivity contribution in [3.8, 4) is 6.07 Å². The highest BCUT2D eigenvalue weighted by molar-refractivity contribution is 5.50. The van der Waals surface area contributed by atoms with Crippen molar-refractivity contribution in [1.29, 1.82) is 5.26 Å². The lowest BCUT2D eigenvalue weighted by molar-refractivity contribution is -0.155. The first kappa shape index (κ1) is 12.7. The highest BCUT2D eigenvalue weighted by atomic mass is 19.4. The van der Waals surface area contributed by atoms with Gasteiger partial charge in [-0.25, -0.2) is 0 Å². The Hall–Kier alpha value is -1.70. The van der Waals surface area contributed by atoms with E-state index in [1.54, 1.807) is 6.07 Å². The predicted octanol–water partition coefficient (Wildman–Crippen LogP) is 3.29. The van der Waals surface area contributed by atoms with Gasteiger partial charge in [0.05, 0.1) is 6.07 Å². The van der Waals surface area contributed by atoms with Crippen molar-refractivity contribution in [1.82, 2.24) is 0 Å². The summed E-state index contributed by atoms with van der Waals surface area (Å²) in [5.41, 5.74) is 3.12. The van der Waals surface area contributed by atoms with Crippen LogP contribution in [0.4, 0.5) is 18.9 Å². The maximum Gasteiger partial charge on any atom is 0.406 e. The van der Waals surface area contributed by atoms with Crippen LogP contribution in [0.1, 0.15) is 17.5 Å². The molecule has 1 atom stereocenters. The molecule has 2 rings (SSSR count). The van der Waals surface area contributed by atoms with E-state index in [9.17, 15) is 13.2 Å². The van der Waals surface area contributed by atoms with Gasteiger partial charge in [-0.15, -0.1) is 0 Å². The lowest BCUT2D eigenvalue weighted by atomic mass is 10.1. The average molecular weight is 254 g/mol. The standard InChI is InChI=1S/C13H13F3N2/c14-13(15,16)11(7-17)8-18-12-5-4-9-2-1-3-10(9)6-12/h4-6,11,18H,1-3,8H2. The molecular formula is C13H13F3N2.